The lowest BCUT2D eigenvalue weighted by molar-refractivity contribution is 0.623. The molecule has 0 unspecified atom stereocenters. The number of nitrogens with one attached hydrogen (secondary N) is 1. The highest BCUT2D eigenvalue weighted by Gasteiger charge is 2.21. The van der Waals surface area contributed by atoms with Crippen LogP contribution in [0.2, 0.25) is 0 Å². The number of nitrogens with zero attached hydrogens (tertiary/aromatic N) is 1. The quantitative estimate of drug-likeness (QED) is 0.787. The highest BCUT2D eigenvalue weighted by Crippen LogP contribution is 2.28. The Morgan fingerprint density at radius 1 is 1.35 bits per heavy atom. The van der Waals surface area contributed by atoms with E-state index in [4.69, 9.17) is 0 Å². The topological polar surface area (TPSA) is 15.3 Å². The van der Waals surface area contributed by atoms with E-state index < -0.39 is 0 Å². The van der Waals surface area contributed by atoms with Crippen LogP contribution in [0.5, 0.6) is 0 Å². The first-order valence-corrected chi connectivity index (χ1v) is 6.60. The van der Waals surface area contributed by atoms with Crippen LogP contribution in [0.25, 0.3) is 0 Å². The molecule has 2 nitrogen and oxygen atoms in total. The molecule has 0 bridgehead atoms. The summed E-state index contributed by atoms with van der Waals surface area (Å²) in [6, 6.07) is 5.96. The highest BCUT2D eigenvalue weighted by molar-refractivity contribution is 5.58. The van der Waals surface area contributed by atoms with E-state index in [9.17, 15) is 4.39 Å². The summed E-state index contributed by atoms with van der Waals surface area (Å²) < 4.78 is 13.2. The van der Waals surface area contributed by atoms with Crippen LogP contribution in [-0.2, 0) is 6.42 Å². The van der Waals surface area contributed by atoms with Crippen molar-refractivity contribution in [3.05, 3.63) is 29.6 Å². The molecular weight excluding hydrogens is 215 g/mol. The molecule has 1 aromatic rings. The van der Waals surface area contributed by atoms with E-state index in [0.717, 1.165) is 44.2 Å². The van der Waals surface area contributed by atoms with Crippen molar-refractivity contribution < 1.29 is 4.39 Å². The fraction of sp³-hybridized carbons (Fsp3) is 0.571. The van der Waals surface area contributed by atoms with E-state index in [1.165, 1.54) is 18.4 Å². The van der Waals surface area contributed by atoms with Crippen molar-refractivity contribution in [3.63, 3.8) is 0 Å². The molecule has 92 valence electrons. The van der Waals surface area contributed by atoms with Gasteiger partial charge in [0.2, 0.25) is 0 Å². The summed E-state index contributed by atoms with van der Waals surface area (Å²) in [6.07, 6.45) is 4.90. The van der Waals surface area contributed by atoms with Crippen LogP contribution in [0, 0.1) is 5.82 Å². The van der Waals surface area contributed by atoms with E-state index in [1.807, 2.05) is 6.07 Å². The van der Waals surface area contributed by atoms with Gasteiger partial charge in [0.05, 0.1) is 0 Å². The van der Waals surface area contributed by atoms with Gasteiger partial charge in [-0.25, -0.2) is 4.39 Å². The van der Waals surface area contributed by atoms with Crippen molar-refractivity contribution in [3.8, 4) is 0 Å². The Morgan fingerprint density at radius 2 is 2.24 bits per heavy atom. The fourth-order valence-electron chi connectivity index (χ4n) is 2.51. The summed E-state index contributed by atoms with van der Waals surface area (Å²) >= 11 is 0. The van der Waals surface area contributed by atoms with E-state index in [0.29, 0.717) is 0 Å². The number of benzene rings is 1. The average Bonchev–Trinajstić information content (AvgIpc) is 3.07. The Morgan fingerprint density at radius 3 is 3.06 bits per heavy atom. The molecular formula is C14H19FN2. The second-order valence-electron chi connectivity index (χ2n) is 5.09. The molecule has 0 spiro atoms. The first kappa shape index (κ1) is 11.0. The smallest absolute Gasteiger partial charge is 0.125 e. The molecule has 0 amide bonds. The molecule has 2 aliphatic rings. The van der Waals surface area contributed by atoms with Gasteiger partial charge in [-0.05, 0) is 49.9 Å². The number of rotatable bonds is 5. The van der Waals surface area contributed by atoms with Crippen molar-refractivity contribution in [1.29, 1.82) is 0 Å². The second-order valence-corrected chi connectivity index (χ2v) is 5.09. The molecule has 3 rings (SSSR count). The van der Waals surface area contributed by atoms with Crippen molar-refractivity contribution in [2.75, 3.05) is 24.5 Å². The minimum atomic E-state index is -0.119. The average molecular weight is 234 g/mol. The minimum Gasteiger partial charge on any atom is -0.371 e. The van der Waals surface area contributed by atoms with Gasteiger partial charge in [-0.2, -0.15) is 0 Å². The number of halogens is 1. The van der Waals surface area contributed by atoms with Crippen LogP contribution < -0.4 is 10.2 Å². The van der Waals surface area contributed by atoms with Crippen LogP contribution in [0.15, 0.2) is 18.2 Å². The van der Waals surface area contributed by atoms with Gasteiger partial charge in [0.25, 0.3) is 0 Å². The lowest BCUT2D eigenvalue weighted by Gasteiger charge is -2.19. The number of anilines is 1. The molecule has 1 aromatic carbocycles. The summed E-state index contributed by atoms with van der Waals surface area (Å²) in [5.74, 6) is -0.119. The third-order valence-corrected chi connectivity index (χ3v) is 3.65. The van der Waals surface area contributed by atoms with E-state index in [2.05, 4.69) is 10.2 Å². The number of hydrogen-bond acceptors (Lipinski definition) is 2. The van der Waals surface area contributed by atoms with Crippen LogP contribution in [-0.4, -0.2) is 25.7 Å². The summed E-state index contributed by atoms with van der Waals surface area (Å²) in [7, 11) is 0. The summed E-state index contributed by atoms with van der Waals surface area (Å²) in [5.41, 5.74) is 2.40. The molecule has 1 saturated carbocycles. The summed E-state index contributed by atoms with van der Waals surface area (Å²) in [4.78, 5) is 2.31. The maximum Gasteiger partial charge on any atom is 0.125 e. The second kappa shape index (κ2) is 4.65. The molecule has 1 heterocycles. The van der Waals surface area contributed by atoms with Crippen LogP contribution >= 0.6 is 0 Å². The van der Waals surface area contributed by atoms with Gasteiger partial charge in [0, 0.05) is 24.8 Å². The van der Waals surface area contributed by atoms with Gasteiger partial charge in [0.15, 0.2) is 0 Å². The van der Waals surface area contributed by atoms with Crippen molar-refractivity contribution in [2.45, 2.75) is 31.7 Å². The van der Waals surface area contributed by atoms with Crippen molar-refractivity contribution >= 4 is 5.69 Å². The summed E-state index contributed by atoms with van der Waals surface area (Å²) in [5, 5.41) is 3.52. The Bertz CT molecular complexity index is 401. The lowest BCUT2D eigenvalue weighted by Crippen LogP contribution is -2.26. The van der Waals surface area contributed by atoms with Crippen LogP contribution in [0.4, 0.5) is 10.1 Å². The van der Waals surface area contributed by atoms with Gasteiger partial charge in [0.1, 0.15) is 5.82 Å². The monoisotopic (exact) mass is 234 g/mol. The number of hydrogen-bond donors (Lipinski definition) is 1. The SMILES string of the molecule is Fc1ccc2c(c1)N(CCCNC1CC1)CC2. The fourth-order valence-corrected chi connectivity index (χ4v) is 2.51. The molecule has 0 radical (unpaired) electrons. The van der Waals surface area contributed by atoms with Gasteiger partial charge in [-0.15, -0.1) is 0 Å². The van der Waals surface area contributed by atoms with Crippen LogP contribution in [0.3, 0.4) is 0 Å². The van der Waals surface area contributed by atoms with Crippen molar-refractivity contribution in [2.24, 2.45) is 0 Å². The van der Waals surface area contributed by atoms with E-state index in [1.54, 1.807) is 12.1 Å². The Balaban J connectivity index is 1.53. The van der Waals surface area contributed by atoms with Crippen molar-refractivity contribution in [1.82, 2.24) is 5.32 Å². The van der Waals surface area contributed by atoms with Gasteiger partial charge in [-0.3, -0.25) is 0 Å². The maximum atomic E-state index is 13.2. The number of fused-ring (bicyclic) bond motifs is 1. The van der Waals surface area contributed by atoms with Crippen LogP contribution in [0.1, 0.15) is 24.8 Å². The predicted octanol–water partition coefficient (Wildman–Crippen LogP) is 2.33. The van der Waals surface area contributed by atoms with E-state index >= 15 is 0 Å². The first-order valence-electron chi connectivity index (χ1n) is 6.60. The minimum absolute atomic E-state index is 0.119. The summed E-state index contributed by atoms with van der Waals surface area (Å²) in [6.45, 7) is 3.17. The Kier molecular flexibility index (Phi) is 3.02. The van der Waals surface area contributed by atoms with Gasteiger partial charge >= 0.3 is 0 Å². The van der Waals surface area contributed by atoms with Gasteiger partial charge in [-0.1, -0.05) is 6.07 Å². The Labute approximate surface area is 102 Å². The molecule has 0 atom stereocenters. The molecule has 1 fully saturated rings. The molecule has 1 aliphatic carbocycles. The standard InChI is InChI=1S/C14H19FN2/c15-12-3-2-11-6-9-17(14(11)10-12)8-1-7-16-13-4-5-13/h2-3,10,13,16H,1,4-9H2. The molecule has 0 aromatic heterocycles. The largest absolute Gasteiger partial charge is 0.371 e. The zero-order valence-electron chi connectivity index (χ0n) is 10.1. The molecule has 17 heavy (non-hydrogen) atoms. The maximum absolute atomic E-state index is 13.2. The molecule has 1 N–H and O–H groups in total. The zero-order chi connectivity index (χ0) is 11.7. The molecule has 1 aliphatic heterocycles. The zero-order valence-corrected chi connectivity index (χ0v) is 10.1. The van der Waals surface area contributed by atoms with E-state index in [-0.39, 0.29) is 5.82 Å². The lowest BCUT2D eigenvalue weighted by atomic mass is 10.2. The molecule has 0 saturated heterocycles. The normalized spacial score (nSPS) is 18.5. The first-order chi connectivity index (χ1) is 8.33. The third kappa shape index (κ3) is 2.60. The van der Waals surface area contributed by atoms with Gasteiger partial charge < -0.3 is 10.2 Å². The third-order valence-electron chi connectivity index (χ3n) is 3.65. The Hall–Kier alpha value is -1.09. The predicted molar refractivity (Wildman–Crippen MR) is 68.0 cm³/mol. The molecule has 3 heteroatoms. The highest BCUT2D eigenvalue weighted by atomic mass is 19.1.